The fourth-order valence-corrected chi connectivity index (χ4v) is 3.80. The second kappa shape index (κ2) is 5.77. The zero-order chi connectivity index (χ0) is 17.6. The summed E-state index contributed by atoms with van der Waals surface area (Å²) < 4.78 is 1.62. The van der Waals surface area contributed by atoms with E-state index in [-0.39, 0.29) is 11.7 Å². The molecule has 1 aliphatic carbocycles. The van der Waals surface area contributed by atoms with E-state index in [4.69, 9.17) is 0 Å². The summed E-state index contributed by atoms with van der Waals surface area (Å²) in [5, 5.41) is 20.1. The summed E-state index contributed by atoms with van der Waals surface area (Å²) >= 11 is 0. The first-order chi connectivity index (χ1) is 12.1. The van der Waals surface area contributed by atoms with Gasteiger partial charge < -0.3 is 10.2 Å². The number of carbonyl (C=O) groups is 2. The first-order valence-electron chi connectivity index (χ1n) is 8.26. The summed E-state index contributed by atoms with van der Waals surface area (Å²) in [5.41, 5.74) is 2.60. The van der Waals surface area contributed by atoms with Crippen molar-refractivity contribution in [1.82, 2.24) is 4.57 Å². The monoisotopic (exact) mass is 335 g/mol. The largest absolute Gasteiger partial charge is 0.508 e. The van der Waals surface area contributed by atoms with E-state index in [2.05, 4.69) is 0 Å². The summed E-state index contributed by atoms with van der Waals surface area (Å²) in [7, 11) is 0. The number of carboxylic acids is 1. The Bertz CT molecular complexity index is 988. The van der Waals surface area contributed by atoms with Crippen LogP contribution in [-0.2, 0) is 11.2 Å². The minimum Gasteiger partial charge on any atom is -0.508 e. The fraction of sp³-hybridized carbons (Fsp3) is 0.200. The molecule has 0 saturated heterocycles. The summed E-state index contributed by atoms with van der Waals surface area (Å²) in [6.07, 6.45) is 1.90. The molecule has 0 aliphatic heterocycles. The van der Waals surface area contributed by atoms with Gasteiger partial charge in [-0.1, -0.05) is 18.2 Å². The first-order valence-corrected chi connectivity index (χ1v) is 8.26. The Morgan fingerprint density at radius 2 is 1.84 bits per heavy atom. The van der Waals surface area contributed by atoms with Crippen molar-refractivity contribution >= 4 is 22.8 Å². The second-order valence-electron chi connectivity index (χ2n) is 6.35. The Morgan fingerprint density at radius 3 is 2.56 bits per heavy atom. The highest BCUT2D eigenvalue weighted by atomic mass is 16.4. The number of carbonyl (C=O) groups excluding carboxylic acids is 1. The van der Waals surface area contributed by atoms with Crippen molar-refractivity contribution in [1.29, 1.82) is 0 Å². The lowest BCUT2D eigenvalue weighted by atomic mass is 9.85. The number of aromatic hydroxyl groups is 1. The number of phenols is 1. The molecular formula is C20H17NO4. The van der Waals surface area contributed by atoms with Crippen molar-refractivity contribution in [2.45, 2.75) is 25.2 Å². The van der Waals surface area contributed by atoms with Gasteiger partial charge in [0.25, 0.3) is 5.91 Å². The van der Waals surface area contributed by atoms with Gasteiger partial charge in [-0.25, -0.2) is 0 Å². The van der Waals surface area contributed by atoms with Crippen LogP contribution in [0.4, 0.5) is 0 Å². The van der Waals surface area contributed by atoms with Gasteiger partial charge in [-0.3, -0.25) is 14.2 Å². The van der Waals surface area contributed by atoms with Gasteiger partial charge >= 0.3 is 5.97 Å². The van der Waals surface area contributed by atoms with Crippen LogP contribution in [0.5, 0.6) is 5.75 Å². The number of nitrogens with zero attached hydrogens (tertiary/aromatic N) is 1. The third-order valence-electron chi connectivity index (χ3n) is 4.87. The van der Waals surface area contributed by atoms with E-state index in [0.29, 0.717) is 41.3 Å². The average Bonchev–Trinajstić information content (AvgIpc) is 2.95. The Labute approximate surface area is 144 Å². The molecule has 0 bridgehead atoms. The number of rotatable bonds is 2. The molecule has 2 N–H and O–H groups in total. The number of hydrogen-bond acceptors (Lipinski definition) is 3. The number of aliphatic carboxylic acids is 1. The average molecular weight is 335 g/mol. The lowest BCUT2D eigenvalue weighted by molar-refractivity contribution is -0.139. The van der Waals surface area contributed by atoms with Gasteiger partial charge in [-0.2, -0.15) is 0 Å². The smallest absolute Gasteiger partial charge is 0.311 e. The Balaban J connectivity index is 2.02. The molecule has 1 unspecified atom stereocenters. The molecule has 126 valence electrons. The highest BCUT2D eigenvalue weighted by Gasteiger charge is 2.33. The van der Waals surface area contributed by atoms with Gasteiger partial charge in [0.05, 0.1) is 11.4 Å². The van der Waals surface area contributed by atoms with E-state index >= 15 is 0 Å². The third-order valence-corrected chi connectivity index (χ3v) is 4.87. The van der Waals surface area contributed by atoms with Crippen LogP contribution in [0.1, 0.15) is 40.4 Å². The van der Waals surface area contributed by atoms with Gasteiger partial charge in [-0.15, -0.1) is 0 Å². The van der Waals surface area contributed by atoms with Gasteiger partial charge in [0.1, 0.15) is 5.75 Å². The molecule has 0 radical (unpaired) electrons. The number of fused-ring (bicyclic) bond motifs is 3. The van der Waals surface area contributed by atoms with Crippen LogP contribution in [0, 0.1) is 0 Å². The molecule has 2 aromatic carbocycles. The SMILES string of the molecule is O=C(O)C1CCCc2c1c1cc(O)ccc1n2C(=O)c1ccccc1. The van der Waals surface area contributed by atoms with Crippen molar-refractivity contribution in [3.8, 4) is 5.75 Å². The Morgan fingerprint density at radius 1 is 1.08 bits per heavy atom. The molecule has 1 atom stereocenters. The van der Waals surface area contributed by atoms with Gasteiger partial charge in [0.15, 0.2) is 0 Å². The van der Waals surface area contributed by atoms with E-state index in [1.54, 1.807) is 41.0 Å². The number of carboxylic acid groups (broad SMARTS) is 1. The first kappa shape index (κ1) is 15.4. The normalized spacial score (nSPS) is 16.6. The van der Waals surface area contributed by atoms with Gasteiger partial charge in [-0.05, 0) is 55.2 Å². The number of hydrogen-bond donors (Lipinski definition) is 2. The van der Waals surface area contributed by atoms with Crippen molar-refractivity contribution in [3.63, 3.8) is 0 Å². The standard InChI is InChI=1S/C20H17NO4/c22-13-9-10-16-15(11-13)18-14(20(24)25)7-4-8-17(18)21(16)19(23)12-5-2-1-3-6-12/h1-3,5-6,9-11,14,22H,4,7-8H2,(H,24,25). The van der Waals surface area contributed by atoms with E-state index in [1.807, 2.05) is 6.07 Å². The van der Waals surface area contributed by atoms with Crippen molar-refractivity contribution < 1.29 is 19.8 Å². The molecular weight excluding hydrogens is 318 g/mol. The van der Waals surface area contributed by atoms with Crippen LogP contribution in [0.3, 0.4) is 0 Å². The van der Waals surface area contributed by atoms with Crippen LogP contribution >= 0.6 is 0 Å². The Hall–Kier alpha value is -3.08. The van der Waals surface area contributed by atoms with Gasteiger partial charge in [0, 0.05) is 16.6 Å². The van der Waals surface area contributed by atoms with Crippen molar-refractivity contribution in [3.05, 3.63) is 65.4 Å². The molecule has 4 rings (SSSR count). The number of phenolic OH excluding ortho intramolecular Hbond substituents is 1. The molecule has 0 amide bonds. The number of aromatic nitrogens is 1. The molecule has 5 nitrogen and oxygen atoms in total. The lowest BCUT2D eigenvalue weighted by Crippen LogP contribution is -2.21. The molecule has 0 saturated carbocycles. The molecule has 1 aromatic heterocycles. The maximum absolute atomic E-state index is 13.1. The van der Waals surface area contributed by atoms with Crippen LogP contribution in [0.25, 0.3) is 10.9 Å². The summed E-state index contributed by atoms with van der Waals surface area (Å²) in [4.78, 5) is 24.8. The van der Waals surface area contributed by atoms with Crippen molar-refractivity contribution in [2.24, 2.45) is 0 Å². The molecule has 0 fully saturated rings. The summed E-state index contributed by atoms with van der Waals surface area (Å²) in [6.45, 7) is 0. The maximum Gasteiger partial charge on any atom is 0.311 e. The zero-order valence-corrected chi connectivity index (χ0v) is 13.5. The van der Waals surface area contributed by atoms with Crippen LogP contribution in [-0.4, -0.2) is 26.7 Å². The fourth-order valence-electron chi connectivity index (χ4n) is 3.80. The van der Waals surface area contributed by atoms with Crippen LogP contribution in [0.2, 0.25) is 0 Å². The molecule has 1 aliphatic rings. The van der Waals surface area contributed by atoms with E-state index in [0.717, 1.165) is 5.69 Å². The van der Waals surface area contributed by atoms with Crippen LogP contribution < -0.4 is 0 Å². The number of benzene rings is 2. The predicted molar refractivity (Wildman–Crippen MR) is 93.1 cm³/mol. The summed E-state index contributed by atoms with van der Waals surface area (Å²) in [6, 6.07) is 13.7. The highest BCUT2D eigenvalue weighted by molar-refractivity contribution is 6.05. The minimum atomic E-state index is -0.893. The quantitative estimate of drug-likeness (QED) is 0.751. The molecule has 25 heavy (non-hydrogen) atoms. The van der Waals surface area contributed by atoms with E-state index in [9.17, 15) is 19.8 Å². The molecule has 3 aromatic rings. The van der Waals surface area contributed by atoms with E-state index in [1.165, 1.54) is 6.07 Å². The Kier molecular flexibility index (Phi) is 3.57. The second-order valence-corrected chi connectivity index (χ2v) is 6.35. The maximum atomic E-state index is 13.1. The summed E-state index contributed by atoms with van der Waals surface area (Å²) in [5.74, 6) is -1.66. The van der Waals surface area contributed by atoms with Crippen molar-refractivity contribution in [2.75, 3.05) is 0 Å². The van der Waals surface area contributed by atoms with E-state index < -0.39 is 11.9 Å². The topological polar surface area (TPSA) is 79.5 Å². The molecule has 0 spiro atoms. The predicted octanol–water partition coefficient (Wildman–Crippen LogP) is 3.54. The lowest BCUT2D eigenvalue weighted by Gasteiger charge is -2.21. The highest BCUT2D eigenvalue weighted by Crippen LogP contribution is 2.40. The third kappa shape index (κ3) is 2.39. The van der Waals surface area contributed by atoms with Crippen LogP contribution in [0.15, 0.2) is 48.5 Å². The minimum absolute atomic E-state index is 0.0642. The van der Waals surface area contributed by atoms with Gasteiger partial charge in [0.2, 0.25) is 0 Å². The molecule has 5 heteroatoms. The molecule has 1 heterocycles. The zero-order valence-electron chi connectivity index (χ0n) is 13.5.